The van der Waals surface area contributed by atoms with Gasteiger partial charge in [0.05, 0.1) is 5.69 Å². The van der Waals surface area contributed by atoms with E-state index in [9.17, 15) is 4.79 Å². The fraction of sp³-hybridized carbons (Fsp3) is 0.345. The van der Waals surface area contributed by atoms with Gasteiger partial charge >= 0.3 is 5.76 Å². The minimum absolute atomic E-state index is 0.00454. The number of fused-ring (bicyclic) bond motifs is 2. The molecule has 2 aliphatic rings. The SMILES string of the molecule is CCn1nc(-c2ccc([C@]3(c4ccc(OCc5ccccn5)cc4)CC4CC[C@@H]3C4)cc2)oc1=O. The highest BCUT2D eigenvalue weighted by Crippen LogP contribution is 2.60. The third-order valence-electron chi connectivity index (χ3n) is 7.88. The fourth-order valence-electron chi connectivity index (χ4n) is 6.23. The van der Waals surface area contributed by atoms with Crippen LogP contribution in [0.3, 0.4) is 0 Å². The Morgan fingerprint density at radius 2 is 1.80 bits per heavy atom. The molecule has 35 heavy (non-hydrogen) atoms. The highest BCUT2D eigenvalue weighted by Gasteiger charge is 2.52. The number of ether oxygens (including phenoxy) is 1. The van der Waals surface area contributed by atoms with Crippen molar-refractivity contribution in [2.75, 3.05) is 0 Å². The molecule has 0 N–H and O–H groups in total. The van der Waals surface area contributed by atoms with Gasteiger partial charge < -0.3 is 9.15 Å². The standard InChI is InChI=1S/C29H29N3O3/c1-2-32-28(33)35-27(31-32)21-7-10-22(11-8-21)29(18-20-6-9-24(29)17-20)23-12-14-26(15-13-23)34-19-25-5-3-4-16-30-25/h3-5,7-8,10-16,20,24H,2,6,9,17-19H2,1H3/t20?,24-,29+/m1/s1. The fourth-order valence-corrected chi connectivity index (χ4v) is 6.23. The van der Waals surface area contributed by atoms with Gasteiger partial charge in [0.15, 0.2) is 0 Å². The molecule has 2 aromatic carbocycles. The second-order valence-electron chi connectivity index (χ2n) is 9.75. The van der Waals surface area contributed by atoms with E-state index < -0.39 is 5.76 Å². The lowest BCUT2D eigenvalue weighted by Crippen LogP contribution is -2.34. The number of rotatable bonds is 7. The van der Waals surface area contributed by atoms with Gasteiger partial charge in [-0.2, -0.15) is 4.68 Å². The van der Waals surface area contributed by atoms with Crippen LogP contribution in [-0.2, 0) is 18.6 Å². The van der Waals surface area contributed by atoms with E-state index in [2.05, 4.69) is 46.5 Å². The van der Waals surface area contributed by atoms with Crippen LogP contribution in [0, 0.1) is 11.8 Å². The van der Waals surface area contributed by atoms with E-state index in [0.29, 0.717) is 25.0 Å². The van der Waals surface area contributed by atoms with Crippen LogP contribution in [-0.4, -0.2) is 14.8 Å². The van der Waals surface area contributed by atoms with Crippen LogP contribution < -0.4 is 10.5 Å². The van der Waals surface area contributed by atoms with Crippen LogP contribution in [0.2, 0.25) is 0 Å². The first kappa shape index (κ1) is 21.8. The maximum Gasteiger partial charge on any atom is 0.437 e. The Morgan fingerprint density at radius 3 is 2.40 bits per heavy atom. The lowest BCUT2D eigenvalue weighted by molar-refractivity contribution is 0.299. The van der Waals surface area contributed by atoms with Crippen molar-refractivity contribution in [3.8, 4) is 17.2 Å². The quantitative estimate of drug-likeness (QED) is 0.354. The molecular formula is C29H29N3O3. The first-order chi connectivity index (χ1) is 17.2. The van der Waals surface area contributed by atoms with E-state index >= 15 is 0 Å². The minimum atomic E-state index is -0.415. The smallest absolute Gasteiger partial charge is 0.437 e. The molecule has 0 amide bonds. The lowest BCUT2D eigenvalue weighted by Gasteiger charge is -2.39. The second kappa shape index (κ2) is 8.84. The van der Waals surface area contributed by atoms with E-state index in [0.717, 1.165) is 22.9 Å². The summed E-state index contributed by atoms with van der Waals surface area (Å²) >= 11 is 0. The highest BCUT2D eigenvalue weighted by molar-refractivity contribution is 5.55. The molecule has 2 aliphatic carbocycles. The summed E-state index contributed by atoms with van der Waals surface area (Å²) in [6.45, 7) is 2.83. The monoisotopic (exact) mass is 467 g/mol. The second-order valence-corrected chi connectivity index (χ2v) is 9.75. The van der Waals surface area contributed by atoms with Crippen LogP contribution in [0.1, 0.15) is 49.4 Å². The van der Waals surface area contributed by atoms with Crippen molar-refractivity contribution in [3.05, 3.63) is 100 Å². The lowest BCUT2D eigenvalue weighted by atomic mass is 9.64. The number of aryl methyl sites for hydroxylation is 1. The van der Waals surface area contributed by atoms with Crippen molar-refractivity contribution in [1.82, 2.24) is 14.8 Å². The van der Waals surface area contributed by atoms with Crippen LogP contribution in [0.5, 0.6) is 5.75 Å². The predicted octanol–water partition coefficient (Wildman–Crippen LogP) is 5.60. The zero-order valence-electron chi connectivity index (χ0n) is 19.9. The molecule has 178 valence electrons. The zero-order valence-corrected chi connectivity index (χ0v) is 19.9. The Hall–Kier alpha value is -3.67. The normalized spacial score (nSPS) is 23.0. The Bertz CT molecular complexity index is 1360. The average Bonchev–Trinajstić information content (AvgIpc) is 3.63. The van der Waals surface area contributed by atoms with Crippen LogP contribution in [0.4, 0.5) is 0 Å². The Labute approximate surface area is 204 Å². The van der Waals surface area contributed by atoms with Crippen molar-refractivity contribution in [1.29, 1.82) is 0 Å². The van der Waals surface area contributed by atoms with E-state index in [1.807, 2.05) is 37.3 Å². The summed E-state index contributed by atoms with van der Waals surface area (Å²) in [5.41, 5.74) is 4.43. The number of aromatic nitrogens is 3. The third kappa shape index (κ3) is 3.87. The third-order valence-corrected chi connectivity index (χ3v) is 7.88. The summed E-state index contributed by atoms with van der Waals surface area (Å²) in [5.74, 6) is 2.23. The van der Waals surface area contributed by atoms with Gasteiger partial charge in [-0.05, 0) is 85.5 Å². The molecule has 0 aliphatic heterocycles. The summed E-state index contributed by atoms with van der Waals surface area (Å²) in [6, 6.07) is 23.0. The molecule has 2 fully saturated rings. The molecule has 2 aromatic heterocycles. The summed E-state index contributed by atoms with van der Waals surface area (Å²) in [5, 5.41) is 4.31. The molecule has 6 rings (SSSR count). The van der Waals surface area contributed by atoms with Gasteiger partial charge in [-0.3, -0.25) is 4.98 Å². The van der Waals surface area contributed by atoms with Gasteiger partial charge in [-0.25, -0.2) is 4.79 Å². The largest absolute Gasteiger partial charge is 0.487 e. The van der Waals surface area contributed by atoms with Gasteiger partial charge in [0.25, 0.3) is 0 Å². The first-order valence-corrected chi connectivity index (χ1v) is 12.5. The van der Waals surface area contributed by atoms with E-state index in [1.54, 1.807) is 6.20 Å². The number of hydrogen-bond acceptors (Lipinski definition) is 5. The Morgan fingerprint density at radius 1 is 1.03 bits per heavy atom. The minimum Gasteiger partial charge on any atom is -0.487 e. The molecule has 0 radical (unpaired) electrons. The van der Waals surface area contributed by atoms with Crippen molar-refractivity contribution >= 4 is 0 Å². The van der Waals surface area contributed by atoms with Crippen molar-refractivity contribution < 1.29 is 9.15 Å². The van der Waals surface area contributed by atoms with Gasteiger partial charge in [0.1, 0.15) is 12.4 Å². The highest BCUT2D eigenvalue weighted by atomic mass is 16.5. The van der Waals surface area contributed by atoms with E-state index in [4.69, 9.17) is 9.15 Å². The molecule has 1 unspecified atom stereocenters. The Kier molecular flexibility index (Phi) is 5.51. The molecule has 2 heterocycles. The maximum absolute atomic E-state index is 11.9. The topological polar surface area (TPSA) is 70.2 Å². The number of pyridine rings is 1. The zero-order chi connectivity index (χ0) is 23.8. The molecule has 0 spiro atoms. The van der Waals surface area contributed by atoms with Gasteiger partial charge in [-0.15, -0.1) is 5.10 Å². The summed E-state index contributed by atoms with van der Waals surface area (Å²) in [7, 11) is 0. The van der Waals surface area contributed by atoms with Crippen LogP contribution in [0.15, 0.2) is 82.1 Å². The van der Waals surface area contributed by atoms with Crippen molar-refractivity contribution in [2.45, 2.75) is 51.2 Å². The number of benzene rings is 2. The van der Waals surface area contributed by atoms with Crippen molar-refractivity contribution in [3.63, 3.8) is 0 Å². The van der Waals surface area contributed by atoms with Crippen LogP contribution in [0.25, 0.3) is 11.5 Å². The molecule has 2 saturated carbocycles. The van der Waals surface area contributed by atoms with Gasteiger partial charge in [0.2, 0.25) is 5.89 Å². The summed E-state index contributed by atoms with van der Waals surface area (Å²) in [4.78, 5) is 16.3. The van der Waals surface area contributed by atoms with E-state index in [-0.39, 0.29) is 5.41 Å². The molecular weight excluding hydrogens is 438 g/mol. The molecule has 3 atom stereocenters. The van der Waals surface area contributed by atoms with Crippen LogP contribution >= 0.6 is 0 Å². The Balaban J connectivity index is 1.29. The van der Waals surface area contributed by atoms with E-state index in [1.165, 1.54) is 41.5 Å². The predicted molar refractivity (Wildman–Crippen MR) is 133 cm³/mol. The summed E-state index contributed by atoms with van der Waals surface area (Å²) in [6.07, 6.45) is 6.84. The molecule has 2 bridgehead atoms. The number of hydrogen-bond donors (Lipinski definition) is 0. The first-order valence-electron chi connectivity index (χ1n) is 12.5. The molecule has 4 aromatic rings. The maximum atomic E-state index is 11.9. The molecule has 6 nitrogen and oxygen atoms in total. The molecule has 6 heteroatoms. The van der Waals surface area contributed by atoms with Gasteiger partial charge in [-0.1, -0.05) is 36.8 Å². The number of nitrogens with zero attached hydrogens (tertiary/aromatic N) is 3. The van der Waals surface area contributed by atoms with Crippen molar-refractivity contribution in [2.24, 2.45) is 11.8 Å². The van der Waals surface area contributed by atoms with Gasteiger partial charge in [0, 0.05) is 23.7 Å². The molecule has 0 saturated heterocycles. The summed E-state index contributed by atoms with van der Waals surface area (Å²) < 4.78 is 12.7. The average molecular weight is 468 g/mol.